The highest BCUT2D eigenvalue weighted by molar-refractivity contribution is 5.96. The van der Waals surface area contributed by atoms with Crippen molar-refractivity contribution in [3.8, 4) is 45.5 Å². The minimum Gasteiger partial charge on any atom is -0.497 e. The zero-order chi connectivity index (χ0) is 32.4. The van der Waals surface area contributed by atoms with Crippen LogP contribution in [0.5, 0.6) is 23.0 Å². The van der Waals surface area contributed by atoms with Crippen LogP contribution in [0.25, 0.3) is 22.5 Å². The molecule has 4 rings (SSSR count). The number of aromatic nitrogens is 2. The van der Waals surface area contributed by atoms with Crippen LogP contribution < -0.4 is 24.7 Å². The molecular weight excluding hydrogens is 576 g/mol. The summed E-state index contributed by atoms with van der Waals surface area (Å²) in [5.74, 6) is 0.990. The lowest BCUT2D eigenvalue weighted by atomic mass is 10.1. The van der Waals surface area contributed by atoms with Gasteiger partial charge in [0.25, 0.3) is 0 Å². The molecule has 0 amide bonds. The first-order valence-electron chi connectivity index (χ1n) is 12.6. The Balaban J connectivity index is 0.000000241. The molecule has 230 valence electrons. The van der Waals surface area contributed by atoms with Gasteiger partial charge in [-0.15, -0.1) is 0 Å². The molecule has 44 heavy (non-hydrogen) atoms. The first-order valence-corrected chi connectivity index (χ1v) is 12.6. The third kappa shape index (κ3) is 7.67. The number of pyridine rings is 2. The molecule has 0 unspecified atom stereocenters. The van der Waals surface area contributed by atoms with Gasteiger partial charge in [-0.05, 0) is 36.4 Å². The number of nitrogens with zero attached hydrogens (tertiary/aromatic N) is 3. The number of hydrogen-bond donors (Lipinski definition) is 1. The van der Waals surface area contributed by atoms with Crippen LogP contribution in [0.3, 0.4) is 0 Å². The molecule has 2 N–H and O–H groups in total. The Kier molecular flexibility index (Phi) is 11.0. The molecule has 14 heteroatoms. The van der Waals surface area contributed by atoms with Gasteiger partial charge in [0.2, 0.25) is 0 Å². The number of carbonyl (C=O) groups excluding carboxylic acids is 2. The summed E-state index contributed by atoms with van der Waals surface area (Å²) < 4.78 is 30.1. The number of rotatable bonds is 9. The Morgan fingerprint density at radius 2 is 1.02 bits per heavy atom. The summed E-state index contributed by atoms with van der Waals surface area (Å²) in [5, 5.41) is 11.0. The zero-order valence-electron chi connectivity index (χ0n) is 24.8. The van der Waals surface area contributed by atoms with E-state index in [-0.39, 0.29) is 16.8 Å². The summed E-state index contributed by atoms with van der Waals surface area (Å²) in [5.41, 5.74) is 7.94. The van der Waals surface area contributed by atoms with Gasteiger partial charge >= 0.3 is 17.6 Å². The molecule has 0 spiro atoms. The smallest absolute Gasteiger partial charge is 0.345 e. The van der Waals surface area contributed by atoms with E-state index in [2.05, 4.69) is 14.7 Å². The van der Waals surface area contributed by atoms with Crippen LogP contribution in [0, 0.1) is 10.1 Å². The van der Waals surface area contributed by atoms with Gasteiger partial charge in [-0.25, -0.2) is 14.6 Å². The van der Waals surface area contributed by atoms with Gasteiger partial charge in [0.05, 0.1) is 76.4 Å². The maximum atomic E-state index is 11.8. The number of anilines is 1. The fourth-order valence-electron chi connectivity index (χ4n) is 3.85. The van der Waals surface area contributed by atoms with Crippen LogP contribution in [0.15, 0.2) is 60.9 Å². The second kappa shape index (κ2) is 14.8. The van der Waals surface area contributed by atoms with Crippen molar-refractivity contribution in [1.82, 2.24) is 9.97 Å². The van der Waals surface area contributed by atoms with Gasteiger partial charge in [0.15, 0.2) is 0 Å². The van der Waals surface area contributed by atoms with Crippen molar-refractivity contribution in [3.63, 3.8) is 0 Å². The summed E-state index contributed by atoms with van der Waals surface area (Å²) in [6.45, 7) is 0. The molecule has 4 aromatic rings. The molecule has 0 aliphatic rings. The van der Waals surface area contributed by atoms with E-state index in [9.17, 15) is 19.7 Å². The summed E-state index contributed by atoms with van der Waals surface area (Å²) in [6.07, 6.45) is 2.45. The van der Waals surface area contributed by atoms with Crippen LogP contribution in [0.4, 0.5) is 11.4 Å². The predicted molar refractivity (Wildman–Crippen MR) is 159 cm³/mol. The SMILES string of the molecule is COC(=O)c1cc(-c2cc(OC)cc(OC)c2)ncc1N.COC(=O)c1cc(-c2cc(OC)cc(OC)c2)ncc1[N+](=O)[O-]. The molecule has 2 aromatic carbocycles. The largest absolute Gasteiger partial charge is 0.497 e. The Morgan fingerprint density at radius 3 is 1.41 bits per heavy atom. The first-order chi connectivity index (χ1) is 21.1. The summed E-state index contributed by atoms with van der Waals surface area (Å²) in [7, 11) is 8.59. The molecule has 14 nitrogen and oxygen atoms in total. The lowest BCUT2D eigenvalue weighted by Gasteiger charge is -2.10. The highest BCUT2D eigenvalue weighted by Gasteiger charge is 2.23. The fourth-order valence-corrected chi connectivity index (χ4v) is 3.85. The second-order valence-electron chi connectivity index (χ2n) is 8.69. The van der Waals surface area contributed by atoms with Crippen LogP contribution >= 0.6 is 0 Å². The molecule has 0 saturated carbocycles. The van der Waals surface area contributed by atoms with Crippen LogP contribution in [-0.4, -0.2) is 69.5 Å². The van der Waals surface area contributed by atoms with Crippen molar-refractivity contribution >= 4 is 23.3 Å². The highest BCUT2D eigenvalue weighted by Crippen LogP contribution is 2.32. The van der Waals surface area contributed by atoms with E-state index in [1.807, 2.05) is 0 Å². The number of nitrogen functional groups attached to an aromatic ring is 1. The van der Waals surface area contributed by atoms with Crippen LogP contribution in [-0.2, 0) is 9.47 Å². The van der Waals surface area contributed by atoms with Crippen molar-refractivity contribution in [2.45, 2.75) is 0 Å². The molecule has 2 aromatic heterocycles. The topological polar surface area (TPSA) is 184 Å². The van der Waals surface area contributed by atoms with E-state index in [4.69, 9.17) is 29.4 Å². The monoisotopic (exact) mass is 606 g/mol. The molecule has 0 saturated heterocycles. The lowest BCUT2D eigenvalue weighted by molar-refractivity contribution is -0.385. The average molecular weight is 607 g/mol. The van der Waals surface area contributed by atoms with Gasteiger partial charge in [-0.1, -0.05) is 0 Å². The number of nitro groups is 1. The minimum atomic E-state index is -0.810. The number of benzene rings is 2. The third-order valence-electron chi connectivity index (χ3n) is 6.12. The van der Waals surface area contributed by atoms with Crippen molar-refractivity contribution in [2.75, 3.05) is 48.4 Å². The van der Waals surface area contributed by atoms with E-state index in [1.54, 1.807) is 56.7 Å². The summed E-state index contributed by atoms with van der Waals surface area (Å²) in [4.78, 5) is 42.0. The lowest BCUT2D eigenvalue weighted by Crippen LogP contribution is -2.07. The van der Waals surface area contributed by atoms with Gasteiger partial charge in [-0.3, -0.25) is 15.1 Å². The van der Waals surface area contributed by atoms with E-state index < -0.39 is 22.5 Å². The Hall–Kier alpha value is -5.92. The molecular formula is C30H30N4O10. The van der Waals surface area contributed by atoms with Crippen molar-refractivity contribution in [1.29, 1.82) is 0 Å². The minimum absolute atomic E-state index is 0.177. The maximum absolute atomic E-state index is 11.8. The normalized spacial score (nSPS) is 10.0. The number of methoxy groups -OCH3 is 6. The zero-order valence-corrected chi connectivity index (χ0v) is 24.8. The van der Waals surface area contributed by atoms with Gasteiger partial charge in [0.1, 0.15) is 34.8 Å². The van der Waals surface area contributed by atoms with Crippen molar-refractivity contribution < 1.29 is 42.9 Å². The molecule has 0 radical (unpaired) electrons. The van der Waals surface area contributed by atoms with Crippen molar-refractivity contribution in [2.24, 2.45) is 0 Å². The Labute approximate surface area is 252 Å². The maximum Gasteiger partial charge on any atom is 0.345 e. The van der Waals surface area contributed by atoms with E-state index in [1.165, 1.54) is 33.6 Å². The molecule has 0 bridgehead atoms. The van der Waals surface area contributed by atoms with Crippen molar-refractivity contribution in [3.05, 3.63) is 82.2 Å². The molecule has 0 aliphatic carbocycles. The van der Waals surface area contributed by atoms with Crippen LogP contribution in [0.1, 0.15) is 20.7 Å². The van der Waals surface area contributed by atoms with Gasteiger partial charge in [-0.2, -0.15) is 0 Å². The molecule has 2 heterocycles. The number of carbonyl (C=O) groups is 2. The predicted octanol–water partition coefficient (Wildman–Crippen LogP) is 4.60. The van der Waals surface area contributed by atoms with Gasteiger partial charge in [0, 0.05) is 23.3 Å². The van der Waals surface area contributed by atoms with E-state index >= 15 is 0 Å². The Bertz CT molecular complexity index is 1630. The highest BCUT2D eigenvalue weighted by atomic mass is 16.6. The molecule has 0 aliphatic heterocycles. The Morgan fingerprint density at radius 1 is 0.636 bits per heavy atom. The van der Waals surface area contributed by atoms with Crippen LogP contribution in [0.2, 0.25) is 0 Å². The number of nitrogens with two attached hydrogens (primary N) is 1. The van der Waals surface area contributed by atoms with E-state index in [0.717, 1.165) is 18.9 Å². The standard InChI is InChI=1S/C15H14N2O6.C15H16N2O4/c1-21-10-4-9(5-11(6-10)22-2)13-7-12(15(18)23-3)14(8-16-13)17(19)20;1-19-10-4-9(5-11(6-10)20-2)14-7-12(15(18)21-3)13(16)8-17-14/h4-8H,1-3H3;4-8H,16H2,1-3H3. The third-order valence-corrected chi connectivity index (χ3v) is 6.12. The number of hydrogen-bond acceptors (Lipinski definition) is 13. The summed E-state index contributed by atoms with van der Waals surface area (Å²) in [6, 6.07) is 13.3. The van der Waals surface area contributed by atoms with Gasteiger partial charge < -0.3 is 34.2 Å². The molecule has 0 fully saturated rings. The second-order valence-corrected chi connectivity index (χ2v) is 8.69. The number of esters is 2. The number of ether oxygens (including phenoxy) is 6. The summed E-state index contributed by atoms with van der Waals surface area (Å²) >= 11 is 0. The fraction of sp³-hybridized carbons (Fsp3) is 0.200. The van der Waals surface area contributed by atoms with E-state index in [0.29, 0.717) is 39.9 Å². The molecule has 0 atom stereocenters. The quantitative estimate of drug-likeness (QED) is 0.159. The first kappa shape index (κ1) is 32.6. The average Bonchev–Trinajstić information content (AvgIpc) is 3.06.